The Hall–Kier alpha value is -2.08. The van der Waals surface area contributed by atoms with Crippen molar-refractivity contribution in [2.75, 3.05) is 25.2 Å². The molecule has 0 aliphatic carbocycles. The highest BCUT2D eigenvalue weighted by Crippen LogP contribution is 2.29. The van der Waals surface area contributed by atoms with Gasteiger partial charge in [0.1, 0.15) is 18.2 Å². The van der Waals surface area contributed by atoms with Crippen molar-refractivity contribution in [1.29, 1.82) is 0 Å². The van der Waals surface area contributed by atoms with Gasteiger partial charge in [0.2, 0.25) is 5.95 Å². The second kappa shape index (κ2) is 5.71. The number of ether oxygens (including phenoxy) is 2. The van der Waals surface area contributed by atoms with Crippen molar-refractivity contribution in [3.63, 3.8) is 0 Å². The SMILES string of the molecule is CCC(COc1cccc2nc(N)nc(N)c12)OC. The lowest BCUT2D eigenvalue weighted by Gasteiger charge is -2.15. The van der Waals surface area contributed by atoms with E-state index in [1.165, 1.54) is 0 Å². The van der Waals surface area contributed by atoms with Crippen LogP contribution in [0.3, 0.4) is 0 Å². The summed E-state index contributed by atoms with van der Waals surface area (Å²) in [6.07, 6.45) is 0.923. The number of aromatic nitrogens is 2. The molecule has 0 saturated heterocycles. The van der Waals surface area contributed by atoms with Crippen LogP contribution < -0.4 is 16.2 Å². The molecule has 19 heavy (non-hydrogen) atoms. The molecule has 0 spiro atoms. The molecule has 0 bridgehead atoms. The predicted molar refractivity (Wildman–Crippen MR) is 74.9 cm³/mol. The predicted octanol–water partition coefficient (Wildman–Crippen LogP) is 1.60. The molecule has 0 fully saturated rings. The molecule has 6 nitrogen and oxygen atoms in total. The van der Waals surface area contributed by atoms with Gasteiger partial charge in [-0.05, 0) is 18.6 Å². The monoisotopic (exact) mass is 262 g/mol. The number of methoxy groups -OCH3 is 1. The molecule has 1 unspecified atom stereocenters. The molecule has 1 atom stereocenters. The summed E-state index contributed by atoms with van der Waals surface area (Å²) in [6, 6.07) is 5.50. The Labute approximate surface area is 111 Å². The van der Waals surface area contributed by atoms with Crippen LogP contribution in [0.2, 0.25) is 0 Å². The van der Waals surface area contributed by atoms with Crippen molar-refractivity contribution in [3.8, 4) is 5.75 Å². The quantitative estimate of drug-likeness (QED) is 0.849. The average molecular weight is 262 g/mol. The molecule has 1 aromatic heterocycles. The molecule has 0 aliphatic heterocycles. The fraction of sp³-hybridized carbons (Fsp3) is 0.385. The standard InChI is InChI=1S/C13H18N4O2/c1-3-8(18-2)7-19-10-6-4-5-9-11(10)12(14)17-13(15)16-9/h4-6,8H,3,7H2,1-2H3,(H4,14,15,16,17). The first-order valence-corrected chi connectivity index (χ1v) is 6.13. The highest BCUT2D eigenvalue weighted by molar-refractivity contribution is 5.94. The van der Waals surface area contributed by atoms with E-state index in [-0.39, 0.29) is 12.1 Å². The number of nitrogens with zero attached hydrogens (tertiary/aromatic N) is 2. The van der Waals surface area contributed by atoms with Crippen molar-refractivity contribution in [1.82, 2.24) is 9.97 Å². The first-order chi connectivity index (χ1) is 9.15. The van der Waals surface area contributed by atoms with Gasteiger partial charge < -0.3 is 20.9 Å². The summed E-state index contributed by atoms with van der Waals surface area (Å²) in [5, 5.41) is 0.683. The maximum absolute atomic E-state index is 5.89. The van der Waals surface area contributed by atoms with Gasteiger partial charge in [-0.25, -0.2) is 4.98 Å². The van der Waals surface area contributed by atoms with E-state index in [0.29, 0.717) is 29.1 Å². The number of benzene rings is 1. The zero-order valence-electron chi connectivity index (χ0n) is 11.1. The van der Waals surface area contributed by atoms with Gasteiger partial charge in [-0.15, -0.1) is 0 Å². The van der Waals surface area contributed by atoms with Crippen LogP contribution >= 0.6 is 0 Å². The Morgan fingerprint density at radius 1 is 1.26 bits per heavy atom. The summed E-state index contributed by atoms with van der Waals surface area (Å²) >= 11 is 0. The molecule has 2 aromatic rings. The van der Waals surface area contributed by atoms with Gasteiger partial charge in [-0.1, -0.05) is 13.0 Å². The largest absolute Gasteiger partial charge is 0.490 e. The zero-order valence-corrected chi connectivity index (χ0v) is 11.1. The summed E-state index contributed by atoms with van der Waals surface area (Å²) in [5.41, 5.74) is 12.1. The van der Waals surface area contributed by atoms with E-state index in [1.807, 2.05) is 25.1 Å². The number of rotatable bonds is 5. The van der Waals surface area contributed by atoms with Crippen LogP contribution in [0, 0.1) is 0 Å². The Balaban J connectivity index is 2.33. The summed E-state index contributed by atoms with van der Waals surface area (Å²) in [5.74, 6) is 1.12. The second-order valence-electron chi connectivity index (χ2n) is 4.19. The molecule has 0 radical (unpaired) electrons. The number of nitrogens with two attached hydrogens (primary N) is 2. The van der Waals surface area contributed by atoms with Gasteiger partial charge in [0, 0.05) is 7.11 Å². The Kier molecular flexibility index (Phi) is 4.01. The van der Waals surface area contributed by atoms with E-state index in [2.05, 4.69) is 9.97 Å². The van der Waals surface area contributed by atoms with Crippen molar-refractivity contribution in [2.45, 2.75) is 19.4 Å². The number of anilines is 2. The molecule has 102 valence electrons. The summed E-state index contributed by atoms with van der Waals surface area (Å²) in [4.78, 5) is 8.10. The minimum atomic E-state index is 0.0474. The maximum Gasteiger partial charge on any atom is 0.222 e. The van der Waals surface area contributed by atoms with E-state index in [1.54, 1.807) is 7.11 Å². The number of fused-ring (bicyclic) bond motifs is 1. The first kappa shape index (κ1) is 13.4. The third kappa shape index (κ3) is 2.85. The first-order valence-electron chi connectivity index (χ1n) is 6.13. The molecule has 0 saturated carbocycles. The molecule has 4 N–H and O–H groups in total. The molecule has 1 aromatic carbocycles. The maximum atomic E-state index is 5.89. The van der Waals surface area contributed by atoms with Crippen LogP contribution in [-0.4, -0.2) is 29.8 Å². The normalized spacial score (nSPS) is 12.5. The lowest BCUT2D eigenvalue weighted by atomic mass is 10.2. The molecule has 0 amide bonds. The van der Waals surface area contributed by atoms with E-state index < -0.39 is 0 Å². The number of hydrogen-bond donors (Lipinski definition) is 2. The smallest absolute Gasteiger partial charge is 0.222 e. The third-order valence-electron chi connectivity index (χ3n) is 2.94. The fourth-order valence-corrected chi connectivity index (χ4v) is 1.85. The van der Waals surface area contributed by atoms with Crippen molar-refractivity contribution < 1.29 is 9.47 Å². The van der Waals surface area contributed by atoms with Crippen LogP contribution in [-0.2, 0) is 4.74 Å². The van der Waals surface area contributed by atoms with Gasteiger partial charge in [-0.2, -0.15) is 4.98 Å². The lowest BCUT2D eigenvalue weighted by Crippen LogP contribution is -2.19. The Morgan fingerprint density at radius 3 is 2.74 bits per heavy atom. The second-order valence-corrected chi connectivity index (χ2v) is 4.19. The van der Waals surface area contributed by atoms with E-state index in [9.17, 15) is 0 Å². The van der Waals surface area contributed by atoms with Crippen LogP contribution in [0.5, 0.6) is 5.75 Å². The Bertz CT molecular complexity index is 570. The van der Waals surface area contributed by atoms with Crippen LogP contribution in [0.1, 0.15) is 13.3 Å². The lowest BCUT2D eigenvalue weighted by molar-refractivity contribution is 0.0561. The van der Waals surface area contributed by atoms with Gasteiger partial charge in [0.05, 0.1) is 17.0 Å². The summed E-state index contributed by atoms with van der Waals surface area (Å²) in [6.45, 7) is 2.49. The van der Waals surface area contributed by atoms with Crippen LogP contribution in [0.25, 0.3) is 10.9 Å². The summed E-state index contributed by atoms with van der Waals surface area (Å²) in [7, 11) is 1.67. The van der Waals surface area contributed by atoms with Crippen LogP contribution in [0.15, 0.2) is 18.2 Å². The minimum Gasteiger partial charge on any atom is -0.490 e. The molecule has 1 heterocycles. The minimum absolute atomic E-state index is 0.0474. The summed E-state index contributed by atoms with van der Waals surface area (Å²) < 4.78 is 11.0. The molecule has 2 rings (SSSR count). The van der Waals surface area contributed by atoms with Crippen molar-refractivity contribution in [3.05, 3.63) is 18.2 Å². The zero-order chi connectivity index (χ0) is 13.8. The van der Waals surface area contributed by atoms with Crippen molar-refractivity contribution >= 4 is 22.7 Å². The van der Waals surface area contributed by atoms with Crippen LogP contribution in [0.4, 0.5) is 11.8 Å². The average Bonchev–Trinajstić information content (AvgIpc) is 2.39. The number of nitrogen functional groups attached to an aromatic ring is 2. The van der Waals surface area contributed by atoms with E-state index >= 15 is 0 Å². The van der Waals surface area contributed by atoms with E-state index in [0.717, 1.165) is 6.42 Å². The molecule has 6 heteroatoms. The highest BCUT2D eigenvalue weighted by Gasteiger charge is 2.11. The fourth-order valence-electron chi connectivity index (χ4n) is 1.85. The number of hydrogen-bond acceptors (Lipinski definition) is 6. The molecule has 0 aliphatic rings. The Morgan fingerprint density at radius 2 is 2.05 bits per heavy atom. The topological polar surface area (TPSA) is 96.3 Å². The van der Waals surface area contributed by atoms with Crippen molar-refractivity contribution in [2.24, 2.45) is 0 Å². The van der Waals surface area contributed by atoms with Gasteiger partial charge >= 0.3 is 0 Å². The third-order valence-corrected chi connectivity index (χ3v) is 2.94. The molecular formula is C13H18N4O2. The van der Waals surface area contributed by atoms with Gasteiger partial charge in [-0.3, -0.25) is 0 Å². The van der Waals surface area contributed by atoms with Gasteiger partial charge in [0.25, 0.3) is 0 Å². The molecular weight excluding hydrogens is 244 g/mol. The van der Waals surface area contributed by atoms with E-state index in [4.69, 9.17) is 20.9 Å². The van der Waals surface area contributed by atoms with Gasteiger partial charge in [0.15, 0.2) is 0 Å². The highest BCUT2D eigenvalue weighted by atomic mass is 16.5.